The number of anilines is 1. The zero-order chi connectivity index (χ0) is 20.8. The van der Waals surface area contributed by atoms with Gasteiger partial charge in [-0.2, -0.15) is 5.26 Å². The Kier molecular flexibility index (Phi) is 6.73. The van der Waals surface area contributed by atoms with Crippen LogP contribution in [0, 0.1) is 17.2 Å². The standard InChI is InChI=1S/C23H23N3O2S/c1-4-28-19-13-9-8-12-17(19)21-18(14-24)23(29-3)25-15(2)20(21)22(27)26-16-10-6-5-7-11-16/h5-13,18,21H,4H2,1-3H3,(H,26,27). The van der Waals surface area contributed by atoms with E-state index < -0.39 is 11.8 Å². The lowest BCUT2D eigenvalue weighted by Gasteiger charge is -2.31. The molecule has 0 saturated carbocycles. The second kappa shape index (κ2) is 9.44. The van der Waals surface area contributed by atoms with E-state index in [0.29, 0.717) is 34.4 Å². The highest BCUT2D eigenvalue weighted by molar-refractivity contribution is 8.13. The van der Waals surface area contributed by atoms with Crippen molar-refractivity contribution in [2.75, 3.05) is 18.2 Å². The zero-order valence-electron chi connectivity index (χ0n) is 16.7. The number of nitriles is 1. The number of hydrogen-bond acceptors (Lipinski definition) is 5. The molecule has 2 atom stereocenters. The summed E-state index contributed by atoms with van der Waals surface area (Å²) in [6.07, 6.45) is 1.90. The Bertz CT molecular complexity index is 993. The number of allylic oxidation sites excluding steroid dienone is 1. The minimum Gasteiger partial charge on any atom is -0.494 e. The topological polar surface area (TPSA) is 74.5 Å². The number of para-hydroxylation sites is 2. The number of amides is 1. The normalized spacial score (nSPS) is 18.6. The average Bonchev–Trinajstić information content (AvgIpc) is 2.74. The average molecular weight is 406 g/mol. The second-order valence-electron chi connectivity index (χ2n) is 6.53. The Labute approximate surface area is 175 Å². The van der Waals surface area contributed by atoms with Gasteiger partial charge in [0, 0.05) is 28.4 Å². The van der Waals surface area contributed by atoms with Crippen molar-refractivity contribution in [2.24, 2.45) is 10.9 Å². The summed E-state index contributed by atoms with van der Waals surface area (Å²) in [5, 5.41) is 13.6. The van der Waals surface area contributed by atoms with Crippen LogP contribution in [0.1, 0.15) is 25.3 Å². The summed E-state index contributed by atoms with van der Waals surface area (Å²) >= 11 is 1.44. The van der Waals surface area contributed by atoms with Gasteiger partial charge in [0.25, 0.3) is 5.91 Å². The fourth-order valence-electron chi connectivity index (χ4n) is 3.52. The van der Waals surface area contributed by atoms with E-state index in [1.807, 2.05) is 74.7 Å². The van der Waals surface area contributed by atoms with E-state index in [4.69, 9.17) is 4.74 Å². The molecule has 0 aromatic heterocycles. The largest absolute Gasteiger partial charge is 0.494 e. The molecule has 2 aromatic rings. The Morgan fingerprint density at radius 3 is 2.55 bits per heavy atom. The highest BCUT2D eigenvalue weighted by Gasteiger charge is 2.39. The fraction of sp³-hybridized carbons (Fsp3) is 0.261. The third kappa shape index (κ3) is 4.36. The predicted octanol–water partition coefficient (Wildman–Crippen LogP) is 5.00. The number of carbonyl (C=O) groups excluding carboxylic acids is 1. The molecule has 2 unspecified atom stereocenters. The Morgan fingerprint density at radius 1 is 1.21 bits per heavy atom. The molecule has 1 aliphatic heterocycles. The van der Waals surface area contributed by atoms with Crippen LogP contribution in [-0.2, 0) is 4.79 Å². The predicted molar refractivity (Wildman–Crippen MR) is 118 cm³/mol. The summed E-state index contributed by atoms with van der Waals surface area (Å²) in [7, 11) is 0. The first-order chi connectivity index (χ1) is 14.1. The van der Waals surface area contributed by atoms with Crippen molar-refractivity contribution in [1.29, 1.82) is 5.26 Å². The molecule has 1 heterocycles. The molecular weight excluding hydrogens is 382 g/mol. The molecule has 0 aliphatic carbocycles. The van der Waals surface area contributed by atoms with Crippen LogP contribution in [0.5, 0.6) is 5.75 Å². The molecule has 29 heavy (non-hydrogen) atoms. The smallest absolute Gasteiger partial charge is 0.254 e. The van der Waals surface area contributed by atoms with Crippen LogP contribution in [0.4, 0.5) is 5.69 Å². The summed E-state index contributed by atoms with van der Waals surface area (Å²) in [6.45, 7) is 4.23. The lowest BCUT2D eigenvalue weighted by atomic mass is 9.78. The van der Waals surface area contributed by atoms with Gasteiger partial charge in [0.2, 0.25) is 0 Å². The van der Waals surface area contributed by atoms with Gasteiger partial charge in [-0.15, -0.1) is 11.8 Å². The molecule has 0 radical (unpaired) electrons. The number of rotatable bonds is 5. The van der Waals surface area contributed by atoms with Crippen molar-refractivity contribution >= 4 is 28.4 Å². The molecule has 2 aromatic carbocycles. The summed E-state index contributed by atoms with van der Waals surface area (Å²) in [5.74, 6) is -0.604. The Morgan fingerprint density at radius 2 is 1.90 bits per heavy atom. The quantitative estimate of drug-likeness (QED) is 0.760. The van der Waals surface area contributed by atoms with Gasteiger partial charge in [0.05, 0.1) is 17.7 Å². The van der Waals surface area contributed by atoms with E-state index in [0.717, 1.165) is 5.56 Å². The maximum Gasteiger partial charge on any atom is 0.254 e. The van der Waals surface area contributed by atoms with Crippen LogP contribution in [0.25, 0.3) is 0 Å². The number of thioether (sulfide) groups is 1. The first-order valence-electron chi connectivity index (χ1n) is 9.41. The SMILES string of the molecule is CCOc1ccccc1C1C(C(=O)Nc2ccccc2)=C(C)N=C(SC)C1C#N. The molecule has 1 amide bonds. The van der Waals surface area contributed by atoms with Crippen LogP contribution in [0.3, 0.4) is 0 Å². The third-order valence-corrected chi connectivity index (χ3v) is 5.52. The number of ether oxygens (including phenoxy) is 1. The van der Waals surface area contributed by atoms with Gasteiger partial charge in [0.15, 0.2) is 0 Å². The van der Waals surface area contributed by atoms with Crippen molar-refractivity contribution in [3.8, 4) is 11.8 Å². The number of nitrogens with zero attached hydrogens (tertiary/aromatic N) is 2. The maximum absolute atomic E-state index is 13.3. The third-order valence-electron chi connectivity index (χ3n) is 4.76. The van der Waals surface area contributed by atoms with Gasteiger partial charge < -0.3 is 10.1 Å². The van der Waals surface area contributed by atoms with Crippen LogP contribution in [0.2, 0.25) is 0 Å². The summed E-state index contributed by atoms with van der Waals surface area (Å²) < 4.78 is 5.82. The number of hydrogen-bond donors (Lipinski definition) is 1. The Hall–Kier alpha value is -3.04. The monoisotopic (exact) mass is 405 g/mol. The van der Waals surface area contributed by atoms with Crippen molar-refractivity contribution < 1.29 is 9.53 Å². The molecular formula is C23H23N3O2S. The number of benzene rings is 2. The first-order valence-corrected chi connectivity index (χ1v) is 10.6. The summed E-state index contributed by atoms with van der Waals surface area (Å²) in [5.41, 5.74) is 2.62. The summed E-state index contributed by atoms with van der Waals surface area (Å²) in [6, 6.07) is 19.2. The minimum atomic E-state index is -0.563. The molecule has 6 heteroatoms. The van der Waals surface area contributed by atoms with E-state index in [-0.39, 0.29) is 5.91 Å². The molecule has 0 saturated heterocycles. The van der Waals surface area contributed by atoms with E-state index in [1.54, 1.807) is 0 Å². The van der Waals surface area contributed by atoms with Crippen LogP contribution < -0.4 is 10.1 Å². The first kappa shape index (κ1) is 20.7. The van der Waals surface area contributed by atoms with Crippen molar-refractivity contribution in [2.45, 2.75) is 19.8 Å². The zero-order valence-corrected chi connectivity index (χ0v) is 17.5. The molecule has 0 fully saturated rings. The fourth-order valence-corrected chi connectivity index (χ4v) is 4.19. The maximum atomic E-state index is 13.3. The van der Waals surface area contributed by atoms with Gasteiger partial charge in [0.1, 0.15) is 11.7 Å². The van der Waals surface area contributed by atoms with Crippen molar-refractivity contribution in [3.63, 3.8) is 0 Å². The highest BCUT2D eigenvalue weighted by atomic mass is 32.2. The molecule has 0 bridgehead atoms. The van der Waals surface area contributed by atoms with Crippen LogP contribution >= 0.6 is 11.8 Å². The van der Waals surface area contributed by atoms with E-state index in [1.165, 1.54) is 11.8 Å². The lowest BCUT2D eigenvalue weighted by molar-refractivity contribution is -0.113. The molecule has 3 rings (SSSR count). The van der Waals surface area contributed by atoms with Gasteiger partial charge in [-0.05, 0) is 38.3 Å². The van der Waals surface area contributed by atoms with Gasteiger partial charge in [-0.25, -0.2) is 4.99 Å². The van der Waals surface area contributed by atoms with E-state index in [9.17, 15) is 10.1 Å². The summed E-state index contributed by atoms with van der Waals surface area (Å²) in [4.78, 5) is 17.9. The van der Waals surface area contributed by atoms with E-state index in [2.05, 4.69) is 16.4 Å². The number of aliphatic imine (C=N–C) groups is 1. The number of carbonyl (C=O) groups is 1. The molecule has 1 aliphatic rings. The molecule has 0 spiro atoms. The van der Waals surface area contributed by atoms with Crippen molar-refractivity contribution in [3.05, 3.63) is 71.4 Å². The lowest BCUT2D eigenvalue weighted by Crippen LogP contribution is -2.31. The van der Waals surface area contributed by atoms with Crippen LogP contribution in [0.15, 0.2) is 70.9 Å². The number of nitrogens with one attached hydrogen (secondary N) is 1. The van der Waals surface area contributed by atoms with Gasteiger partial charge >= 0.3 is 0 Å². The second-order valence-corrected chi connectivity index (χ2v) is 7.36. The van der Waals surface area contributed by atoms with Crippen molar-refractivity contribution in [1.82, 2.24) is 0 Å². The Balaban J connectivity index is 2.12. The minimum absolute atomic E-state index is 0.255. The molecule has 5 nitrogen and oxygen atoms in total. The van der Waals surface area contributed by atoms with Gasteiger partial charge in [-0.3, -0.25) is 4.79 Å². The van der Waals surface area contributed by atoms with E-state index >= 15 is 0 Å². The molecule has 148 valence electrons. The molecule has 1 N–H and O–H groups in total. The van der Waals surface area contributed by atoms with Crippen LogP contribution in [-0.4, -0.2) is 23.8 Å². The highest BCUT2D eigenvalue weighted by Crippen LogP contribution is 2.44. The van der Waals surface area contributed by atoms with Gasteiger partial charge in [-0.1, -0.05) is 36.4 Å².